The molecule has 120 valence electrons. The molecule has 4 nitrogen and oxygen atoms in total. The van der Waals surface area contributed by atoms with Gasteiger partial charge in [0, 0.05) is 7.11 Å². The number of halogens is 1. The highest BCUT2D eigenvalue weighted by Gasteiger charge is 2.24. The number of hydrogen-bond donors (Lipinski definition) is 1. The molecule has 1 aromatic heterocycles. The van der Waals surface area contributed by atoms with Gasteiger partial charge in [-0.1, -0.05) is 6.92 Å². The predicted molar refractivity (Wildman–Crippen MR) is 92.9 cm³/mol. The van der Waals surface area contributed by atoms with Crippen LogP contribution >= 0.6 is 27.7 Å². The minimum atomic E-state index is 0.372. The number of thioether (sulfide) groups is 1. The van der Waals surface area contributed by atoms with Crippen LogP contribution in [0.15, 0.2) is 10.7 Å². The summed E-state index contributed by atoms with van der Waals surface area (Å²) >= 11 is 5.77. The van der Waals surface area contributed by atoms with E-state index in [1.165, 1.54) is 36.5 Å². The van der Waals surface area contributed by atoms with Crippen molar-refractivity contribution in [2.24, 2.45) is 5.92 Å². The Morgan fingerprint density at radius 1 is 1.52 bits per heavy atom. The van der Waals surface area contributed by atoms with Gasteiger partial charge >= 0.3 is 0 Å². The van der Waals surface area contributed by atoms with Gasteiger partial charge in [-0.05, 0) is 59.2 Å². The van der Waals surface area contributed by atoms with Gasteiger partial charge in [0.05, 0.1) is 35.6 Å². The Hall–Kier alpha value is -0.0400. The maximum Gasteiger partial charge on any atom is 0.0696 e. The summed E-state index contributed by atoms with van der Waals surface area (Å²) in [5.41, 5.74) is 1.27. The van der Waals surface area contributed by atoms with Crippen LogP contribution in [-0.4, -0.2) is 41.5 Å². The molecule has 0 amide bonds. The van der Waals surface area contributed by atoms with Gasteiger partial charge in [-0.2, -0.15) is 16.9 Å². The molecule has 21 heavy (non-hydrogen) atoms. The van der Waals surface area contributed by atoms with E-state index >= 15 is 0 Å². The average Bonchev–Trinajstić information content (AvgIpc) is 2.86. The monoisotopic (exact) mass is 375 g/mol. The molecule has 1 N–H and O–H groups in total. The maximum absolute atomic E-state index is 5.20. The first kappa shape index (κ1) is 17.3. The molecule has 0 radical (unpaired) electrons. The summed E-state index contributed by atoms with van der Waals surface area (Å²) in [4.78, 5) is 0. The van der Waals surface area contributed by atoms with Crippen LogP contribution in [0, 0.1) is 5.92 Å². The molecule has 1 aliphatic heterocycles. The van der Waals surface area contributed by atoms with E-state index in [1.54, 1.807) is 7.11 Å². The molecule has 1 aliphatic rings. The van der Waals surface area contributed by atoms with E-state index in [2.05, 4.69) is 49.7 Å². The van der Waals surface area contributed by atoms with Crippen LogP contribution in [-0.2, 0) is 11.3 Å². The summed E-state index contributed by atoms with van der Waals surface area (Å²) in [6.07, 6.45) is 5.80. The smallest absolute Gasteiger partial charge is 0.0696 e. The summed E-state index contributed by atoms with van der Waals surface area (Å²) in [6.45, 7) is 4.65. The zero-order valence-electron chi connectivity index (χ0n) is 13.0. The third-order valence-corrected chi connectivity index (χ3v) is 5.69. The first-order valence-corrected chi connectivity index (χ1v) is 9.72. The molecular formula is C15H26BrN3OS. The molecule has 1 saturated heterocycles. The summed E-state index contributed by atoms with van der Waals surface area (Å²) < 4.78 is 8.39. The normalized spacial score (nSPS) is 18.0. The zero-order chi connectivity index (χ0) is 15.1. The van der Waals surface area contributed by atoms with Crippen molar-refractivity contribution in [3.8, 4) is 0 Å². The maximum atomic E-state index is 5.20. The van der Waals surface area contributed by atoms with Crippen LogP contribution in [0.5, 0.6) is 0 Å². The number of nitrogens with zero attached hydrogens (tertiary/aromatic N) is 2. The Kier molecular flexibility index (Phi) is 7.57. The van der Waals surface area contributed by atoms with Gasteiger partial charge < -0.3 is 10.1 Å². The van der Waals surface area contributed by atoms with Gasteiger partial charge in [-0.15, -0.1) is 0 Å². The summed E-state index contributed by atoms with van der Waals surface area (Å²) in [6, 6.07) is 0.372. The van der Waals surface area contributed by atoms with E-state index in [4.69, 9.17) is 4.74 Å². The van der Waals surface area contributed by atoms with Gasteiger partial charge in [-0.3, -0.25) is 4.68 Å². The SMILES string of the molecule is CCNC(CC1CCSCC1)c1c(Br)cnn1CCOC. The highest BCUT2D eigenvalue weighted by atomic mass is 79.9. The molecular weight excluding hydrogens is 350 g/mol. The van der Waals surface area contributed by atoms with Crippen molar-refractivity contribution in [3.05, 3.63) is 16.4 Å². The molecule has 0 aliphatic carbocycles. The highest BCUT2D eigenvalue weighted by molar-refractivity contribution is 9.10. The minimum Gasteiger partial charge on any atom is -0.383 e. The van der Waals surface area contributed by atoms with Crippen molar-refractivity contribution < 1.29 is 4.74 Å². The van der Waals surface area contributed by atoms with Crippen molar-refractivity contribution in [1.29, 1.82) is 0 Å². The van der Waals surface area contributed by atoms with E-state index in [0.29, 0.717) is 12.6 Å². The predicted octanol–water partition coefficient (Wildman–Crippen LogP) is 3.48. The summed E-state index contributed by atoms with van der Waals surface area (Å²) in [7, 11) is 1.74. The third kappa shape index (κ3) is 4.98. The number of hydrogen-bond acceptors (Lipinski definition) is 4. The van der Waals surface area contributed by atoms with Gasteiger partial charge in [0.15, 0.2) is 0 Å². The quantitative estimate of drug-likeness (QED) is 0.754. The Morgan fingerprint density at radius 3 is 2.95 bits per heavy atom. The molecule has 2 rings (SSSR count). The lowest BCUT2D eigenvalue weighted by Gasteiger charge is -2.27. The van der Waals surface area contributed by atoms with Crippen LogP contribution in [0.3, 0.4) is 0 Å². The van der Waals surface area contributed by atoms with E-state index in [1.807, 2.05) is 6.20 Å². The molecule has 2 heterocycles. The fraction of sp³-hybridized carbons (Fsp3) is 0.800. The van der Waals surface area contributed by atoms with Crippen molar-refractivity contribution in [3.63, 3.8) is 0 Å². The van der Waals surface area contributed by atoms with Crippen LogP contribution in [0.4, 0.5) is 0 Å². The molecule has 6 heteroatoms. The first-order chi connectivity index (χ1) is 10.3. The van der Waals surface area contributed by atoms with Crippen LogP contribution in [0.25, 0.3) is 0 Å². The van der Waals surface area contributed by atoms with E-state index < -0.39 is 0 Å². The highest BCUT2D eigenvalue weighted by Crippen LogP contribution is 2.33. The van der Waals surface area contributed by atoms with Crippen molar-refractivity contribution in [2.45, 2.75) is 38.8 Å². The number of nitrogens with one attached hydrogen (secondary N) is 1. The molecule has 1 aromatic rings. The molecule has 0 spiro atoms. The second-order valence-corrected chi connectivity index (χ2v) is 7.57. The van der Waals surface area contributed by atoms with Crippen LogP contribution in [0.1, 0.15) is 37.9 Å². The summed E-state index contributed by atoms with van der Waals surface area (Å²) in [5, 5.41) is 8.15. The van der Waals surface area contributed by atoms with Crippen molar-refractivity contribution >= 4 is 27.7 Å². The van der Waals surface area contributed by atoms with Gasteiger partial charge in [0.25, 0.3) is 0 Å². The Bertz CT molecular complexity index is 421. The Balaban J connectivity index is 2.10. The largest absolute Gasteiger partial charge is 0.383 e. The molecule has 1 unspecified atom stereocenters. The van der Waals surface area contributed by atoms with E-state index in [-0.39, 0.29) is 0 Å². The van der Waals surface area contributed by atoms with Crippen molar-refractivity contribution in [1.82, 2.24) is 15.1 Å². The summed E-state index contributed by atoms with van der Waals surface area (Å²) in [5.74, 6) is 3.45. The molecule has 1 fully saturated rings. The lowest BCUT2D eigenvalue weighted by Crippen LogP contribution is -2.28. The number of ether oxygens (including phenoxy) is 1. The standard InChI is InChI=1S/C15H26BrN3OS/c1-3-17-14(10-12-4-8-21-9-5-12)15-13(16)11-18-19(15)6-7-20-2/h11-12,14,17H,3-10H2,1-2H3. The van der Waals surface area contributed by atoms with Crippen LogP contribution in [0.2, 0.25) is 0 Å². The fourth-order valence-corrected chi connectivity index (χ4v) is 4.70. The average molecular weight is 376 g/mol. The first-order valence-electron chi connectivity index (χ1n) is 7.77. The van der Waals surface area contributed by atoms with E-state index in [0.717, 1.165) is 23.5 Å². The minimum absolute atomic E-state index is 0.372. The second-order valence-electron chi connectivity index (χ2n) is 5.50. The number of methoxy groups -OCH3 is 1. The lowest BCUT2D eigenvalue weighted by atomic mass is 9.92. The Morgan fingerprint density at radius 2 is 2.29 bits per heavy atom. The van der Waals surface area contributed by atoms with Gasteiger partial charge in [0.2, 0.25) is 0 Å². The molecule has 0 saturated carbocycles. The lowest BCUT2D eigenvalue weighted by molar-refractivity contribution is 0.181. The van der Waals surface area contributed by atoms with E-state index in [9.17, 15) is 0 Å². The Labute approximate surface area is 140 Å². The van der Waals surface area contributed by atoms with Crippen molar-refractivity contribution in [2.75, 3.05) is 31.8 Å². The topological polar surface area (TPSA) is 39.1 Å². The van der Waals surface area contributed by atoms with Gasteiger partial charge in [-0.25, -0.2) is 0 Å². The number of aromatic nitrogens is 2. The fourth-order valence-electron chi connectivity index (χ4n) is 2.93. The molecule has 0 aromatic carbocycles. The number of rotatable bonds is 8. The van der Waals surface area contributed by atoms with Crippen LogP contribution < -0.4 is 5.32 Å². The molecule has 0 bridgehead atoms. The van der Waals surface area contributed by atoms with Gasteiger partial charge in [0.1, 0.15) is 0 Å². The second kappa shape index (κ2) is 9.18. The zero-order valence-corrected chi connectivity index (χ0v) is 15.4. The molecule has 1 atom stereocenters. The third-order valence-electron chi connectivity index (χ3n) is 4.03.